The molecular formula is C20H20N2O3S. The van der Waals surface area contributed by atoms with Crippen LogP contribution in [0, 0.1) is 5.41 Å². The van der Waals surface area contributed by atoms with Crippen molar-refractivity contribution in [2.75, 3.05) is 6.26 Å². The summed E-state index contributed by atoms with van der Waals surface area (Å²) < 4.78 is 28.8. The lowest BCUT2D eigenvalue weighted by molar-refractivity contribution is 0.368. The fourth-order valence-electron chi connectivity index (χ4n) is 3.71. The van der Waals surface area contributed by atoms with Gasteiger partial charge in [0.15, 0.2) is 9.84 Å². The maximum absolute atomic E-state index is 11.6. The van der Waals surface area contributed by atoms with Crippen molar-refractivity contribution in [1.29, 1.82) is 0 Å². The van der Waals surface area contributed by atoms with Gasteiger partial charge in [-0.05, 0) is 23.1 Å². The second-order valence-electron chi connectivity index (χ2n) is 7.44. The van der Waals surface area contributed by atoms with E-state index in [-0.39, 0.29) is 17.3 Å². The molecule has 1 aliphatic carbocycles. The average Bonchev–Trinajstić information content (AvgIpc) is 2.95. The minimum atomic E-state index is -3.19. The van der Waals surface area contributed by atoms with Crippen LogP contribution in [0.3, 0.4) is 0 Å². The molecule has 0 aliphatic heterocycles. The molecule has 0 N–H and O–H groups in total. The van der Waals surface area contributed by atoms with Gasteiger partial charge in [0.25, 0.3) is 0 Å². The van der Waals surface area contributed by atoms with Gasteiger partial charge in [-0.25, -0.2) is 8.42 Å². The van der Waals surface area contributed by atoms with E-state index < -0.39 is 9.84 Å². The lowest BCUT2D eigenvalue weighted by Crippen LogP contribution is -1.97. The number of hydrogen-bond acceptors (Lipinski definition) is 5. The Hall–Kier alpha value is -2.47. The van der Waals surface area contributed by atoms with Crippen molar-refractivity contribution in [2.24, 2.45) is 5.41 Å². The normalized spacial score (nSPS) is 21.5. The van der Waals surface area contributed by atoms with E-state index >= 15 is 0 Å². The maximum Gasteiger partial charge on any atom is 0.231 e. The summed E-state index contributed by atoms with van der Waals surface area (Å²) in [5.74, 6) is 1.57. The molecule has 4 rings (SSSR count). The summed E-state index contributed by atoms with van der Waals surface area (Å²) in [5.41, 5.74) is 1.99. The largest absolute Gasteiger partial charge is 0.339 e. The number of aromatic nitrogens is 2. The van der Waals surface area contributed by atoms with E-state index in [0.29, 0.717) is 16.6 Å². The lowest BCUT2D eigenvalue weighted by Gasteiger charge is -2.04. The summed E-state index contributed by atoms with van der Waals surface area (Å²) in [7, 11) is -3.19. The topological polar surface area (TPSA) is 73.1 Å². The Kier molecular flexibility index (Phi) is 3.77. The molecule has 3 aromatic rings. The SMILES string of the molecule is CC1(C)C(c2ccc(S(C)(=O)=O)cc2)C1c1nc(-c2ccccc2)no1. The van der Waals surface area contributed by atoms with Gasteiger partial charge in [0.2, 0.25) is 11.7 Å². The van der Waals surface area contributed by atoms with Crippen LogP contribution in [0.4, 0.5) is 0 Å². The minimum Gasteiger partial charge on any atom is -0.339 e. The van der Waals surface area contributed by atoms with E-state index in [9.17, 15) is 8.42 Å². The molecule has 1 saturated carbocycles. The van der Waals surface area contributed by atoms with Gasteiger partial charge < -0.3 is 4.52 Å². The third-order valence-corrected chi connectivity index (χ3v) is 6.36. The molecule has 0 spiro atoms. The highest BCUT2D eigenvalue weighted by Gasteiger charge is 2.62. The van der Waals surface area contributed by atoms with Gasteiger partial charge in [0.05, 0.1) is 10.8 Å². The van der Waals surface area contributed by atoms with Gasteiger partial charge in [-0.1, -0.05) is 61.5 Å². The van der Waals surface area contributed by atoms with Crippen LogP contribution in [0.25, 0.3) is 11.4 Å². The van der Waals surface area contributed by atoms with Crippen molar-refractivity contribution >= 4 is 9.84 Å². The number of benzene rings is 2. The molecule has 0 radical (unpaired) electrons. The second-order valence-corrected chi connectivity index (χ2v) is 9.46. The van der Waals surface area contributed by atoms with Crippen LogP contribution in [-0.4, -0.2) is 24.8 Å². The molecule has 1 fully saturated rings. The molecule has 2 aromatic carbocycles. The molecule has 1 heterocycles. The summed E-state index contributed by atoms with van der Waals surface area (Å²) in [5, 5.41) is 4.12. The second kappa shape index (κ2) is 5.77. The quantitative estimate of drug-likeness (QED) is 0.695. The Morgan fingerprint density at radius 1 is 0.962 bits per heavy atom. The molecule has 5 nitrogen and oxygen atoms in total. The Morgan fingerprint density at radius 3 is 2.23 bits per heavy atom. The van der Waals surface area contributed by atoms with Crippen LogP contribution in [0.2, 0.25) is 0 Å². The Balaban J connectivity index is 1.62. The molecule has 0 saturated heterocycles. The molecule has 26 heavy (non-hydrogen) atoms. The molecule has 2 unspecified atom stereocenters. The number of sulfone groups is 1. The average molecular weight is 368 g/mol. The van der Waals surface area contributed by atoms with Crippen LogP contribution < -0.4 is 0 Å². The molecule has 134 valence electrons. The van der Waals surface area contributed by atoms with E-state index in [1.807, 2.05) is 42.5 Å². The van der Waals surface area contributed by atoms with Crippen LogP contribution in [0.5, 0.6) is 0 Å². The summed E-state index contributed by atoms with van der Waals surface area (Å²) in [6.07, 6.45) is 1.22. The van der Waals surface area contributed by atoms with Gasteiger partial charge in [0.1, 0.15) is 0 Å². The highest BCUT2D eigenvalue weighted by molar-refractivity contribution is 7.90. The van der Waals surface area contributed by atoms with Crippen molar-refractivity contribution in [2.45, 2.75) is 30.6 Å². The minimum absolute atomic E-state index is 0.0207. The first-order chi connectivity index (χ1) is 12.3. The van der Waals surface area contributed by atoms with Crippen molar-refractivity contribution in [1.82, 2.24) is 10.1 Å². The van der Waals surface area contributed by atoms with E-state index in [4.69, 9.17) is 4.52 Å². The predicted molar refractivity (Wildman–Crippen MR) is 98.5 cm³/mol. The van der Waals surface area contributed by atoms with E-state index in [0.717, 1.165) is 11.1 Å². The molecule has 0 amide bonds. The smallest absolute Gasteiger partial charge is 0.231 e. The fourth-order valence-corrected chi connectivity index (χ4v) is 4.34. The van der Waals surface area contributed by atoms with Crippen molar-refractivity contribution in [3.8, 4) is 11.4 Å². The first kappa shape index (κ1) is 17.0. The van der Waals surface area contributed by atoms with Crippen LogP contribution >= 0.6 is 0 Å². The number of hydrogen-bond donors (Lipinski definition) is 0. The van der Waals surface area contributed by atoms with Gasteiger partial charge in [-0.15, -0.1) is 0 Å². The molecular weight excluding hydrogens is 348 g/mol. The Morgan fingerprint density at radius 2 is 1.62 bits per heavy atom. The van der Waals surface area contributed by atoms with Crippen LogP contribution in [0.15, 0.2) is 64.0 Å². The van der Waals surface area contributed by atoms with Crippen molar-refractivity contribution < 1.29 is 12.9 Å². The zero-order chi connectivity index (χ0) is 18.5. The molecule has 2 atom stereocenters. The fraction of sp³-hybridized carbons (Fsp3) is 0.300. The summed E-state index contributed by atoms with van der Waals surface area (Å²) in [6.45, 7) is 4.33. The van der Waals surface area contributed by atoms with Crippen LogP contribution in [-0.2, 0) is 9.84 Å². The number of nitrogens with zero attached hydrogens (tertiary/aromatic N) is 2. The highest BCUT2D eigenvalue weighted by atomic mass is 32.2. The van der Waals surface area contributed by atoms with Gasteiger partial charge >= 0.3 is 0 Å². The van der Waals surface area contributed by atoms with Crippen LogP contribution in [0.1, 0.15) is 37.1 Å². The summed E-state index contributed by atoms with van der Waals surface area (Å²) in [6, 6.07) is 16.8. The van der Waals surface area contributed by atoms with Crippen molar-refractivity contribution in [3.05, 3.63) is 66.1 Å². The molecule has 6 heteroatoms. The van der Waals surface area contributed by atoms with Crippen molar-refractivity contribution in [3.63, 3.8) is 0 Å². The summed E-state index contributed by atoms with van der Waals surface area (Å²) in [4.78, 5) is 4.93. The first-order valence-electron chi connectivity index (χ1n) is 8.47. The van der Waals surface area contributed by atoms with E-state index in [1.54, 1.807) is 12.1 Å². The van der Waals surface area contributed by atoms with Gasteiger partial charge in [0, 0.05) is 17.7 Å². The Bertz CT molecular complexity index is 1040. The van der Waals surface area contributed by atoms with Gasteiger partial charge in [-0.2, -0.15) is 4.98 Å². The predicted octanol–water partition coefficient (Wildman–Crippen LogP) is 4.05. The van der Waals surface area contributed by atoms with Gasteiger partial charge in [-0.3, -0.25) is 0 Å². The third-order valence-electron chi connectivity index (χ3n) is 5.23. The molecule has 1 aliphatic rings. The zero-order valence-corrected chi connectivity index (χ0v) is 15.7. The van der Waals surface area contributed by atoms with E-state index in [2.05, 4.69) is 24.0 Å². The number of rotatable bonds is 4. The Labute approximate surface area is 153 Å². The molecule has 1 aromatic heterocycles. The third kappa shape index (κ3) is 2.84. The summed E-state index contributed by atoms with van der Waals surface area (Å²) >= 11 is 0. The lowest BCUT2D eigenvalue weighted by atomic mass is 10.0. The monoisotopic (exact) mass is 368 g/mol. The standard InChI is InChI=1S/C20H20N2O3S/c1-20(2)16(13-9-11-15(12-10-13)26(3,23)24)17(20)19-21-18(22-25-19)14-7-5-4-6-8-14/h4-12,16-17H,1-3H3. The highest BCUT2D eigenvalue weighted by Crippen LogP contribution is 2.69. The van der Waals surface area contributed by atoms with E-state index in [1.165, 1.54) is 6.26 Å². The maximum atomic E-state index is 11.6. The first-order valence-corrected chi connectivity index (χ1v) is 10.4. The zero-order valence-electron chi connectivity index (χ0n) is 14.9. The molecule has 0 bridgehead atoms.